The molecule has 0 heterocycles. The summed E-state index contributed by atoms with van der Waals surface area (Å²) in [5.74, 6) is -0.177. The third kappa shape index (κ3) is 2.10. The third-order valence-electron chi connectivity index (χ3n) is 1.80. The molecule has 2 nitrogen and oxygen atoms in total. The molecule has 0 saturated heterocycles. The molecule has 1 aromatic carbocycles. The number of alkyl halides is 3. The van der Waals surface area contributed by atoms with Crippen LogP contribution in [-0.4, -0.2) is 14.2 Å². The van der Waals surface area contributed by atoms with Crippen molar-refractivity contribution in [3.8, 4) is 5.75 Å². The second kappa shape index (κ2) is 3.77. The standard InChI is InChI=1S/C9H10F3NO/c1-13-6-3-4-7(9(10,11)12)8(5-6)14-2/h3-5,13H,1-2H3. The van der Waals surface area contributed by atoms with E-state index in [1.807, 2.05) is 0 Å². The zero-order valence-electron chi connectivity index (χ0n) is 7.77. The quantitative estimate of drug-likeness (QED) is 0.801. The van der Waals surface area contributed by atoms with Crippen molar-refractivity contribution in [2.45, 2.75) is 6.18 Å². The number of anilines is 1. The molecule has 1 rings (SSSR count). The number of benzene rings is 1. The lowest BCUT2D eigenvalue weighted by atomic mass is 10.1. The molecular formula is C9H10F3NO. The smallest absolute Gasteiger partial charge is 0.419 e. The molecule has 0 unspecified atom stereocenters. The predicted octanol–water partition coefficient (Wildman–Crippen LogP) is 2.76. The molecule has 0 atom stereocenters. The minimum atomic E-state index is -4.38. The first-order chi connectivity index (χ1) is 6.49. The molecular weight excluding hydrogens is 195 g/mol. The van der Waals surface area contributed by atoms with Crippen LogP contribution in [0.3, 0.4) is 0 Å². The van der Waals surface area contributed by atoms with E-state index in [4.69, 9.17) is 0 Å². The van der Waals surface area contributed by atoms with Gasteiger partial charge in [-0.05, 0) is 12.1 Å². The van der Waals surface area contributed by atoms with Crippen LogP contribution in [0.2, 0.25) is 0 Å². The van der Waals surface area contributed by atoms with E-state index in [9.17, 15) is 13.2 Å². The first-order valence-corrected chi connectivity index (χ1v) is 3.92. The van der Waals surface area contributed by atoms with Crippen LogP contribution in [0.15, 0.2) is 18.2 Å². The van der Waals surface area contributed by atoms with Crippen LogP contribution in [0.25, 0.3) is 0 Å². The summed E-state index contributed by atoms with van der Waals surface area (Å²) in [5, 5.41) is 2.73. The highest BCUT2D eigenvalue weighted by Gasteiger charge is 2.34. The van der Waals surface area contributed by atoms with Gasteiger partial charge in [-0.3, -0.25) is 0 Å². The summed E-state index contributed by atoms with van der Waals surface area (Å²) in [6.07, 6.45) is -4.38. The molecule has 0 aliphatic rings. The van der Waals surface area contributed by atoms with Crippen molar-refractivity contribution in [3.63, 3.8) is 0 Å². The molecule has 0 aromatic heterocycles. The molecule has 1 N–H and O–H groups in total. The number of halogens is 3. The Bertz CT molecular complexity index is 322. The van der Waals surface area contributed by atoms with Gasteiger partial charge in [0.1, 0.15) is 5.75 Å². The van der Waals surface area contributed by atoms with Gasteiger partial charge < -0.3 is 10.1 Å². The monoisotopic (exact) mass is 205 g/mol. The lowest BCUT2D eigenvalue weighted by Crippen LogP contribution is -2.07. The van der Waals surface area contributed by atoms with Crippen LogP contribution >= 0.6 is 0 Å². The lowest BCUT2D eigenvalue weighted by molar-refractivity contribution is -0.138. The summed E-state index contributed by atoms with van der Waals surface area (Å²) < 4.78 is 41.8. The Hall–Kier alpha value is -1.39. The van der Waals surface area contributed by atoms with Gasteiger partial charge in [-0.2, -0.15) is 13.2 Å². The summed E-state index contributed by atoms with van der Waals surface area (Å²) in [6, 6.07) is 3.65. The zero-order chi connectivity index (χ0) is 10.8. The van der Waals surface area contributed by atoms with Gasteiger partial charge in [0.15, 0.2) is 0 Å². The highest BCUT2D eigenvalue weighted by molar-refractivity contribution is 5.52. The number of hydrogen-bond donors (Lipinski definition) is 1. The van der Waals surface area contributed by atoms with Crippen molar-refractivity contribution in [1.82, 2.24) is 0 Å². The van der Waals surface area contributed by atoms with E-state index in [-0.39, 0.29) is 5.75 Å². The Morgan fingerprint density at radius 3 is 2.36 bits per heavy atom. The van der Waals surface area contributed by atoms with Gasteiger partial charge in [-0.25, -0.2) is 0 Å². The van der Waals surface area contributed by atoms with Crippen LogP contribution in [0.4, 0.5) is 18.9 Å². The van der Waals surface area contributed by atoms with Gasteiger partial charge >= 0.3 is 6.18 Å². The number of methoxy groups -OCH3 is 1. The fourth-order valence-corrected chi connectivity index (χ4v) is 1.08. The molecule has 0 aliphatic heterocycles. The molecule has 0 spiro atoms. The SMILES string of the molecule is CNc1ccc(C(F)(F)F)c(OC)c1. The first kappa shape index (κ1) is 10.7. The van der Waals surface area contributed by atoms with Crippen molar-refractivity contribution >= 4 is 5.69 Å². The van der Waals surface area contributed by atoms with E-state index in [0.717, 1.165) is 6.07 Å². The van der Waals surface area contributed by atoms with Crippen LogP contribution in [0.5, 0.6) is 5.75 Å². The fourth-order valence-electron chi connectivity index (χ4n) is 1.08. The van der Waals surface area contributed by atoms with Gasteiger partial charge in [0, 0.05) is 18.8 Å². The number of hydrogen-bond acceptors (Lipinski definition) is 2. The first-order valence-electron chi connectivity index (χ1n) is 3.92. The van der Waals surface area contributed by atoms with E-state index >= 15 is 0 Å². The number of nitrogens with one attached hydrogen (secondary N) is 1. The van der Waals surface area contributed by atoms with Crippen molar-refractivity contribution in [2.24, 2.45) is 0 Å². The summed E-state index contributed by atoms with van der Waals surface area (Å²) in [5.41, 5.74) is -0.186. The van der Waals surface area contributed by atoms with Crippen LogP contribution < -0.4 is 10.1 Å². The summed E-state index contributed by atoms with van der Waals surface area (Å²) in [7, 11) is 2.84. The van der Waals surface area contributed by atoms with E-state index in [2.05, 4.69) is 10.1 Å². The molecule has 0 fully saturated rings. The Morgan fingerprint density at radius 1 is 1.29 bits per heavy atom. The van der Waals surface area contributed by atoms with Gasteiger partial charge in [0.05, 0.1) is 12.7 Å². The molecule has 0 radical (unpaired) electrons. The Morgan fingerprint density at radius 2 is 1.93 bits per heavy atom. The second-order valence-electron chi connectivity index (χ2n) is 2.66. The molecule has 0 aliphatic carbocycles. The van der Waals surface area contributed by atoms with Crippen molar-refractivity contribution < 1.29 is 17.9 Å². The zero-order valence-corrected chi connectivity index (χ0v) is 7.77. The maximum absolute atomic E-state index is 12.4. The molecule has 5 heteroatoms. The van der Waals surface area contributed by atoms with Crippen molar-refractivity contribution in [1.29, 1.82) is 0 Å². The minimum absolute atomic E-state index is 0.177. The average molecular weight is 205 g/mol. The van der Waals surface area contributed by atoms with Gasteiger partial charge in [-0.1, -0.05) is 0 Å². The number of ether oxygens (including phenoxy) is 1. The largest absolute Gasteiger partial charge is 0.496 e. The fraction of sp³-hybridized carbons (Fsp3) is 0.333. The van der Waals surface area contributed by atoms with Crippen LogP contribution in [-0.2, 0) is 6.18 Å². The second-order valence-corrected chi connectivity index (χ2v) is 2.66. The molecule has 0 saturated carbocycles. The third-order valence-corrected chi connectivity index (χ3v) is 1.80. The summed E-state index contributed by atoms with van der Waals surface area (Å²) in [6.45, 7) is 0. The van der Waals surface area contributed by atoms with E-state index < -0.39 is 11.7 Å². The van der Waals surface area contributed by atoms with Crippen molar-refractivity contribution in [3.05, 3.63) is 23.8 Å². The van der Waals surface area contributed by atoms with Crippen LogP contribution in [0, 0.1) is 0 Å². The van der Waals surface area contributed by atoms with Gasteiger partial charge in [0.2, 0.25) is 0 Å². The molecule has 78 valence electrons. The Labute approximate surface area is 79.7 Å². The maximum Gasteiger partial charge on any atom is 0.419 e. The topological polar surface area (TPSA) is 21.3 Å². The Balaban J connectivity index is 3.18. The van der Waals surface area contributed by atoms with E-state index in [1.165, 1.54) is 19.2 Å². The molecule has 1 aromatic rings. The Kier molecular flexibility index (Phi) is 2.88. The number of rotatable bonds is 2. The maximum atomic E-state index is 12.4. The lowest BCUT2D eigenvalue weighted by Gasteiger charge is -2.12. The van der Waals surface area contributed by atoms with Crippen LogP contribution in [0.1, 0.15) is 5.56 Å². The predicted molar refractivity (Wildman–Crippen MR) is 47.5 cm³/mol. The average Bonchev–Trinajstić information content (AvgIpc) is 2.15. The highest BCUT2D eigenvalue weighted by atomic mass is 19.4. The van der Waals surface area contributed by atoms with E-state index in [0.29, 0.717) is 5.69 Å². The van der Waals surface area contributed by atoms with Gasteiger partial charge in [0.25, 0.3) is 0 Å². The van der Waals surface area contributed by atoms with Crippen molar-refractivity contribution in [2.75, 3.05) is 19.5 Å². The molecule has 0 bridgehead atoms. The molecule has 0 amide bonds. The van der Waals surface area contributed by atoms with Gasteiger partial charge in [-0.15, -0.1) is 0 Å². The van der Waals surface area contributed by atoms with E-state index in [1.54, 1.807) is 7.05 Å². The summed E-state index contributed by atoms with van der Waals surface area (Å²) in [4.78, 5) is 0. The normalized spacial score (nSPS) is 11.2. The highest BCUT2D eigenvalue weighted by Crippen LogP contribution is 2.37. The summed E-state index contributed by atoms with van der Waals surface area (Å²) >= 11 is 0. The molecule has 14 heavy (non-hydrogen) atoms. The minimum Gasteiger partial charge on any atom is -0.496 e.